The van der Waals surface area contributed by atoms with E-state index in [9.17, 15) is 4.39 Å². The van der Waals surface area contributed by atoms with E-state index in [4.69, 9.17) is 49.4 Å². The number of hydrogen-bond donors (Lipinski definition) is 2. The first kappa shape index (κ1) is 25.4. The van der Waals surface area contributed by atoms with Crippen molar-refractivity contribution in [2.75, 3.05) is 18.8 Å². The van der Waals surface area contributed by atoms with Crippen molar-refractivity contribution in [3.63, 3.8) is 0 Å². The van der Waals surface area contributed by atoms with Crippen molar-refractivity contribution < 1.29 is 9.13 Å². The molecule has 11 heteroatoms. The first-order valence-corrected chi connectivity index (χ1v) is 11.3. The number of nitrogen functional groups attached to an aromatic ring is 1. The SMILES string of the molecule is CC.[B]C1([B])CNCC1n1cc(-c2cnc(N)c(OC(C)c3c(Cl)ccc(F)c3Cl)c2)cn1. The Hall–Kier alpha value is -2.22. The summed E-state index contributed by atoms with van der Waals surface area (Å²) in [6.45, 7) is 6.82. The van der Waals surface area contributed by atoms with Crippen LogP contribution in [0, 0.1) is 5.82 Å². The van der Waals surface area contributed by atoms with Crippen molar-refractivity contribution in [3.05, 3.63) is 58.2 Å². The van der Waals surface area contributed by atoms with Crippen LogP contribution in [0.4, 0.5) is 10.2 Å². The zero-order valence-electron chi connectivity index (χ0n) is 18.6. The third kappa shape index (κ3) is 5.31. The summed E-state index contributed by atoms with van der Waals surface area (Å²) in [5.41, 5.74) is 7.85. The van der Waals surface area contributed by atoms with Gasteiger partial charge in [-0.3, -0.25) is 4.68 Å². The van der Waals surface area contributed by atoms with E-state index in [1.54, 1.807) is 30.1 Å². The quantitative estimate of drug-likeness (QED) is 0.403. The highest BCUT2D eigenvalue weighted by molar-refractivity contribution is 6.40. The number of halogens is 3. The first-order chi connectivity index (χ1) is 15.7. The van der Waals surface area contributed by atoms with Gasteiger partial charge in [0.1, 0.15) is 11.9 Å². The number of hydrogen-bond acceptors (Lipinski definition) is 5. The minimum absolute atomic E-state index is 0.0961. The molecule has 3 heterocycles. The molecule has 1 fully saturated rings. The van der Waals surface area contributed by atoms with E-state index in [-0.39, 0.29) is 16.9 Å². The smallest absolute Gasteiger partial charge is 0.166 e. The number of benzene rings is 1. The Labute approximate surface area is 205 Å². The third-order valence-electron chi connectivity index (χ3n) is 5.31. The summed E-state index contributed by atoms with van der Waals surface area (Å²) in [6, 6.07) is 4.17. The number of anilines is 1. The van der Waals surface area contributed by atoms with Crippen LogP contribution in [0.3, 0.4) is 0 Å². The average molecular weight is 486 g/mol. The maximum absolute atomic E-state index is 13.9. The van der Waals surface area contributed by atoms with Crippen LogP contribution in [0.1, 0.15) is 38.5 Å². The second-order valence-corrected chi connectivity index (χ2v) is 8.38. The van der Waals surface area contributed by atoms with E-state index in [1.807, 2.05) is 20.0 Å². The molecule has 3 N–H and O–H groups in total. The summed E-state index contributed by atoms with van der Waals surface area (Å²) in [7, 11) is 12.3. The summed E-state index contributed by atoms with van der Waals surface area (Å²) in [4.78, 5) is 4.21. The number of nitrogens with two attached hydrogens (primary N) is 1. The lowest BCUT2D eigenvalue weighted by atomic mass is 9.52. The van der Waals surface area contributed by atoms with Crippen LogP contribution >= 0.6 is 23.2 Å². The number of ether oxygens (including phenoxy) is 1. The summed E-state index contributed by atoms with van der Waals surface area (Å²) in [5, 5.41) is 6.88. The molecule has 3 aromatic rings. The molecule has 1 aliphatic rings. The zero-order valence-corrected chi connectivity index (χ0v) is 20.2. The fraction of sp³-hybridized carbons (Fsp3) is 0.364. The molecule has 0 saturated carbocycles. The number of rotatable bonds is 5. The molecule has 2 unspecified atom stereocenters. The molecule has 0 aliphatic carbocycles. The van der Waals surface area contributed by atoms with Crippen molar-refractivity contribution in [1.29, 1.82) is 0 Å². The maximum Gasteiger partial charge on any atom is 0.166 e. The molecular weight excluding hydrogens is 462 g/mol. The Kier molecular flexibility index (Phi) is 7.98. The van der Waals surface area contributed by atoms with Gasteiger partial charge in [-0.25, -0.2) is 9.37 Å². The van der Waals surface area contributed by atoms with Gasteiger partial charge in [-0.2, -0.15) is 5.10 Å². The maximum atomic E-state index is 13.9. The number of pyridine rings is 1. The van der Waals surface area contributed by atoms with Gasteiger partial charge in [0.15, 0.2) is 11.6 Å². The monoisotopic (exact) mass is 485 g/mol. The van der Waals surface area contributed by atoms with Crippen molar-refractivity contribution in [2.24, 2.45) is 0 Å². The van der Waals surface area contributed by atoms with Crippen LogP contribution in [-0.4, -0.2) is 43.5 Å². The Bertz CT molecular complexity index is 1130. The van der Waals surface area contributed by atoms with Crippen LogP contribution in [-0.2, 0) is 0 Å². The standard InChI is InChI=1S/C20H18B2Cl2FN5O.C2H6/c1-10(17-13(23)2-3-14(25)18(17)24)31-15-4-11(5-28-19(15)26)12-6-29-30(8-12)16-7-27-9-20(16,21)22;1-2/h2-6,8,10,16,27H,7,9H2,1H3,(H2,26,28);1-2H3. The largest absolute Gasteiger partial charge is 0.482 e. The Balaban J connectivity index is 0.00000149. The summed E-state index contributed by atoms with van der Waals surface area (Å²) in [5.74, 6) is -0.0979. The predicted molar refractivity (Wildman–Crippen MR) is 133 cm³/mol. The number of nitrogens with one attached hydrogen (secondary N) is 1. The summed E-state index contributed by atoms with van der Waals surface area (Å²) < 4.78 is 21.6. The molecule has 1 aromatic carbocycles. The van der Waals surface area contributed by atoms with Crippen molar-refractivity contribution in [2.45, 2.75) is 38.1 Å². The van der Waals surface area contributed by atoms with Gasteiger partial charge in [-0.05, 0) is 31.7 Å². The number of aromatic nitrogens is 3. The van der Waals surface area contributed by atoms with E-state index >= 15 is 0 Å². The lowest BCUT2D eigenvalue weighted by Crippen LogP contribution is -2.26. The van der Waals surface area contributed by atoms with E-state index in [0.29, 0.717) is 29.4 Å². The van der Waals surface area contributed by atoms with Crippen LogP contribution in [0.15, 0.2) is 36.8 Å². The normalized spacial score (nSPS) is 17.8. The van der Waals surface area contributed by atoms with Gasteiger partial charge in [-0.15, -0.1) is 0 Å². The van der Waals surface area contributed by atoms with Crippen LogP contribution in [0.5, 0.6) is 5.75 Å². The average Bonchev–Trinajstić information content (AvgIpc) is 3.40. The van der Waals surface area contributed by atoms with Gasteiger partial charge in [0, 0.05) is 40.7 Å². The fourth-order valence-electron chi connectivity index (χ4n) is 3.60. The number of nitrogens with zero attached hydrogens (tertiary/aromatic N) is 3. The van der Waals surface area contributed by atoms with Crippen molar-refractivity contribution >= 4 is 44.7 Å². The van der Waals surface area contributed by atoms with Gasteiger partial charge in [0.25, 0.3) is 0 Å². The molecule has 33 heavy (non-hydrogen) atoms. The molecule has 4 radical (unpaired) electrons. The highest BCUT2D eigenvalue weighted by Crippen LogP contribution is 2.38. The van der Waals surface area contributed by atoms with Crippen LogP contribution in [0.25, 0.3) is 11.1 Å². The third-order valence-corrected chi connectivity index (χ3v) is 6.03. The lowest BCUT2D eigenvalue weighted by molar-refractivity contribution is 0.227. The van der Waals surface area contributed by atoms with Crippen LogP contribution in [0.2, 0.25) is 15.3 Å². The minimum Gasteiger partial charge on any atom is -0.482 e. The van der Waals surface area contributed by atoms with Gasteiger partial charge in [-0.1, -0.05) is 42.3 Å². The second kappa shape index (κ2) is 10.4. The van der Waals surface area contributed by atoms with Crippen molar-refractivity contribution in [3.8, 4) is 16.9 Å². The van der Waals surface area contributed by atoms with Gasteiger partial charge >= 0.3 is 0 Å². The molecule has 170 valence electrons. The lowest BCUT2D eigenvalue weighted by Gasteiger charge is -2.26. The molecule has 2 atom stereocenters. The topological polar surface area (TPSA) is 78.0 Å². The second-order valence-electron chi connectivity index (χ2n) is 7.59. The fourth-order valence-corrected chi connectivity index (χ4v) is 4.28. The molecule has 1 aliphatic heterocycles. The van der Waals surface area contributed by atoms with E-state index in [0.717, 1.165) is 11.1 Å². The van der Waals surface area contributed by atoms with Gasteiger partial charge < -0.3 is 15.8 Å². The molecule has 6 nitrogen and oxygen atoms in total. The summed E-state index contributed by atoms with van der Waals surface area (Å²) in [6.07, 6.45) is 4.47. The summed E-state index contributed by atoms with van der Waals surface area (Å²) >= 11 is 12.3. The molecule has 0 bridgehead atoms. The Morgan fingerprint density at radius 3 is 2.67 bits per heavy atom. The molecule has 4 rings (SSSR count). The van der Waals surface area contributed by atoms with E-state index in [1.165, 1.54) is 12.1 Å². The molecule has 1 saturated heterocycles. The minimum atomic E-state index is -0.893. The van der Waals surface area contributed by atoms with E-state index < -0.39 is 17.1 Å². The Morgan fingerprint density at radius 1 is 1.27 bits per heavy atom. The van der Waals surface area contributed by atoms with Gasteiger partial charge in [0.2, 0.25) is 0 Å². The van der Waals surface area contributed by atoms with Gasteiger partial charge in [0.05, 0.1) is 33.0 Å². The van der Waals surface area contributed by atoms with E-state index in [2.05, 4.69) is 15.4 Å². The first-order valence-electron chi connectivity index (χ1n) is 10.6. The molecule has 2 aromatic heterocycles. The highest BCUT2D eigenvalue weighted by Gasteiger charge is 2.35. The molecule has 0 spiro atoms. The zero-order chi connectivity index (χ0) is 24.3. The molecule has 0 amide bonds. The predicted octanol–water partition coefficient (Wildman–Crippen LogP) is 4.74. The highest BCUT2D eigenvalue weighted by atomic mass is 35.5. The van der Waals surface area contributed by atoms with Crippen molar-refractivity contribution in [1.82, 2.24) is 20.1 Å². The molecular formula is C22H24B2Cl2FN5O. The Morgan fingerprint density at radius 2 is 2.00 bits per heavy atom. The van der Waals surface area contributed by atoms with Crippen LogP contribution < -0.4 is 15.8 Å².